The third kappa shape index (κ3) is 75.6. The molecule has 101 heavy (non-hydrogen) atoms. The number of hydrogen-bond acceptors (Lipinski definition) is 15. The normalized spacial score (nSPS) is 14.1. The smallest absolute Gasteiger partial charge is 0.462 e. The lowest BCUT2D eigenvalue weighted by Crippen LogP contribution is -2.30. The second-order valence-electron chi connectivity index (χ2n) is 30.3. The van der Waals surface area contributed by atoms with Gasteiger partial charge in [0.1, 0.15) is 19.3 Å². The molecule has 0 aliphatic carbocycles. The van der Waals surface area contributed by atoms with Crippen LogP contribution < -0.4 is 0 Å². The van der Waals surface area contributed by atoms with Gasteiger partial charge in [0.05, 0.1) is 26.4 Å². The molecule has 0 bridgehead atoms. The van der Waals surface area contributed by atoms with Crippen molar-refractivity contribution in [1.29, 1.82) is 0 Å². The van der Waals surface area contributed by atoms with Crippen LogP contribution in [0.25, 0.3) is 0 Å². The molecular weight excluding hydrogens is 1320 g/mol. The molecule has 0 aromatic rings. The van der Waals surface area contributed by atoms with E-state index in [-0.39, 0.29) is 25.7 Å². The zero-order valence-corrected chi connectivity index (χ0v) is 67.6. The minimum absolute atomic E-state index is 0.0851. The Labute approximate surface area is 618 Å². The highest BCUT2D eigenvalue weighted by Gasteiger charge is 2.30. The van der Waals surface area contributed by atoms with E-state index in [2.05, 4.69) is 72.8 Å². The molecule has 0 aliphatic heterocycles. The third-order valence-corrected chi connectivity index (χ3v) is 20.4. The molecular formula is C82H156O17P2. The van der Waals surface area contributed by atoms with Crippen LogP contribution in [0.5, 0.6) is 0 Å². The van der Waals surface area contributed by atoms with Crippen LogP contribution in [0.2, 0.25) is 0 Å². The minimum atomic E-state index is -4.97. The van der Waals surface area contributed by atoms with Crippen molar-refractivity contribution < 1.29 is 80.2 Å². The van der Waals surface area contributed by atoms with E-state index in [1.54, 1.807) is 0 Å². The van der Waals surface area contributed by atoms with Gasteiger partial charge >= 0.3 is 39.5 Å². The maximum atomic E-state index is 13.1. The lowest BCUT2D eigenvalue weighted by molar-refractivity contribution is -0.161. The Hall–Kier alpha value is -2.46. The van der Waals surface area contributed by atoms with Crippen molar-refractivity contribution in [2.24, 2.45) is 17.8 Å². The van der Waals surface area contributed by atoms with E-state index < -0.39 is 97.5 Å². The average Bonchev–Trinajstić information content (AvgIpc) is 0.942. The minimum Gasteiger partial charge on any atom is -0.462 e. The quantitative estimate of drug-likeness (QED) is 0.0169. The lowest BCUT2D eigenvalue weighted by atomic mass is 10.0. The van der Waals surface area contributed by atoms with E-state index in [1.807, 2.05) is 0 Å². The summed E-state index contributed by atoms with van der Waals surface area (Å²) in [5, 5.41) is 10.6. The van der Waals surface area contributed by atoms with Crippen molar-refractivity contribution in [3.8, 4) is 0 Å². The summed E-state index contributed by atoms with van der Waals surface area (Å²) in [6.45, 7) is 11.8. The van der Waals surface area contributed by atoms with Crippen molar-refractivity contribution in [3.63, 3.8) is 0 Å². The predicted octanol–water partition coefficient (Wildman–Crippen LogP) is 24.1. The van der Waals surface area contributed by atoms with Crippen molar-refractivity contribution in [3.05, 3.63) is 24.3 Å². The van der Waals surface area contributed by atoms with Crippen LogP contribution in [-0.2, 0) is 65.4 Å². The number of carbonyl (C=O) groups is 4. The molecule has 0 radical (unpaired) electrons. The standard InChI is InChI=1S/C82H156O17P2/c1-8-9-10-11-12-13-14-15-19-27-32-37-42-51-58-65-81(86)98-77(69-92-79(84)63-56-49-41-36-31-26-23-18-21-25-30-35-40-47-54-61-74(4)5)71-96-100(88,89)94-67-76(83)68-95-101(90,91)97-72-78(70-93-80(85)64-57-50-45-44-48-55-62-75(6)7)99-82(87)66-59-52-43-38-33-28-22-17-16-20-24-29-34-39-46-53-60-73(2)3/h13-15,19,73-78,83H,8-12,16-18,20-72H2,1-7H3,(H,88,89)(H,90,91)/b14-13-,19-15-/t76?,77-,78-/m1/s1. The van der Waals surface area contributed by atoms with Crippen molar-refractivity contribution in [2.45, 2.75) is 420 Å². The van der Waals surface area contributed by atoms with Gasteiger partial charge in [-0.3, -0.25) is 37.3 Å². The van der Waals surface area contributed by atoms with E-state index in [0.717, 1.165) is 121 Å². The number of ether oxygens (including phenoxy) is 4. The zero-order chi connectivity index (χ0) is 74.4. The molecule has 0 spiro atoms. The van der Waals surface area contributed by atoms with E-state index in [4.69, 9.17) is 37.0 Å². The first-order valence-corrected chi connectivity index (χ1v) is 44.7. The number of aliphatic hydroxyl groups excluding tert-OH is 1. The number of carbonyl (C=O) groups excluding carboxylic acids is 4. The second-order valence-corrected chi connectivity index (χ2v) is 33.2. The number of allylic oxidation sites excluding steroid dienone is 4. The van der Waals surface area contributed by atoms with Gasteiger partial charge in [-0.25, -0.2) is 9.13 Å². The van der Waals surface area contributed by atoms with Gasteiger partial charge in [-0.1, -0.05) is 349 Å². The Bertz CT molecular complexity index is 2050. The van der Waals surface area contributed by atoms with Gasteiger partial charge in [-0.2, -0.15) is 0 Å². The largest absolute Gasteiger partial charge is 0.472 e. The Balaban J connectivity index is 5.23. The van der Waals surface area contributed by atoms with Gasteiger partial charge in [-0.05, 0) is 69.1 Å². The molecule has 0 heterocycles. The molecule has 0 fully saturated rings. The Morgan fingerprint density at radius 3 is 0.802 bits per heavy atom. The monoisotopic (exact) mass is 1480 g/mol. The Kier molecular flexibility index (Phi) is 70.0. The molecule has 0 saturated carbocycles. The fraction of sp³-hybridized carbons (Fsp3) is 0.902. The number of unbranched alkanes of at least 4 members (excludes halogenated alkanes) is 43. The third-order valence-electron chi connectivity index (χ3n) is 18.5. The molecule has 0 amide bonds. The molecule has 5 atom stereocenters. The summed E-state index contributed by atoms with van der Waals surface area (Å²) in [4.78, 5) is 73.0. The fourth-order valence-electron chi connectivity index (χ4n) is 12.1. The maximum absolute atomic E-state index is 13.1. The summed E-state index contributed by atoms with van der Waals surface area (Å²) in [6.07, 6.45) is 63.4. The Morgan fingerprint density at radius 2 is 0.535 bits per heavy atom. The highest BCUT2D eigenvalue weighted by Crippen LogP contribution is 2.45. The molecule has 3 unspecified atom stereocenters. The number of phosphoric ester groups is 2. The zero-order valence-electron chi connectivity index (χ0n) is 65.9. The van der Waals surface area contributed by atoms with Crippen LogP contribution in [0.1, 0.15) is 402 Å². The van der Waals surface area contributed by atoms with Crippen LogP contribution in [0.15, 0.2) is 24.3 Å². The van der Waals surface area contributed by atoms with Crippen LogP contribution in [-0.4, -0.2) is 96.7 Å². The van der Waals surface area contributed by atoms with Gasteiger partial charge in [0.15, 0.2) is 12.2 Å². The number of hydrogen-bond donors (Lipinski definition) is 3. The molecule has 596 valence electrons. The predicted molar refractivity (Wildman–Crippen MR) is 414 cm³/mol. The molecule has 0 rings (SSSR count). The first-order valence-electron chi connectivity index (χ1n) is 41.7. The molecule has 0 saturated heterocycles. The van der Waals surface area contributed by atoms with Crippen molar-refractivity contribution in [2.75, 3.05) is 39.6 Å². The number of aliphatic hydroxyl groups is 1. The molecule has 19 heteroatoms. The SMILES string of the molecule is CCCCCC/C=C\C=C/CCCCCCCC(=O)O[C@H](COC(=O)CCCCCCCCCCCCCCCCCC(C)C)COP(=O)(O)OCC(O)COP(=O)(O)OC[C@@H](COC(=O)CCCCCCCCC(C)C)OC(=O)CCCCCCCCCCCCCCCCCCC(C)C. The van der Waals surface area contributed by atoms with E-state index >= 15 is 0 Å². The summed E-state index contributed by atoms with van der Waals surface area (Å²) in [7, 11) is -9.93. The van der Waals surface area contributed by atoms with Gasteiger partial charge in [0.2, 0.25) is 0 Å². The molecule has 0 aromatic carbocycles. The van der Waals surface area contributed by atoms with Crippen molar-refractivity contribution >= 4 is 39.5 Å². The number of phosphoric acid groups is 2. The summed E-state index contributed by atoms with van der Waals surface area (Å²) in [5.41, 5.74) is 0. The molecule has 3 N–H and O–H groups in total. The van der Waals surface area contributed by atoms with Gasteiger partial charge < -0.3 is 33.8 Å². The summed E-state index contributed by atoms with van der Waals surface area (Å²) >= 11 is 0. The topological polar surface area (TPSA) is 237 Å². The van der Waals surface area contributed by atoms with Gasteiger partial charge in [0.25, 0.3) is 0 Å². The van der Waals surface area contributed by atoms with Crippen molar-refractivity contribution in [1.82, 2.24) is 0 Å². The summed E-state index contributed by atoms with van der Waals surface area (Å²) in [5.74, 6) is 0.147. The van der Waals surface area contributed by atoms with Gasteiger partial charge in [0, 0.05) is 25.7 Å². The highest BCUT2D eigenvalue weighted by atomic mass is 31.2. The number of esters is 4. The Morgan fingerprint density at radius 1 is 0.307 bits per heavy atom. The van der Waals surface area contributed by atoms with E-state index in [1.165, 1.54) is 193 Å². The summed E-state index contributed by atoms with van der Waals surface area (Å²) in [6, 6.07) is 0. The second kappa shape index (κ2) is 71.8. The van der Waals surface area contributed by atoms with Crippen LogP contribution in [0.4, 0.5) is 0 Å². The van der Waals surface area contributed by atoms with Gasteiger partial charge in [-0.15, -0.1) is 0 Å². The lowest BCUT2D eigenvalue weighted by Gasteiger charge is -2.21. The maximum Gasteiger partial charge on any atom is 0.472 e. The molecule has 0 aliphatic rings. The average molecular weight is 1480 g/mol. The van der Waals surface area contributed by atoms with Crippen LogP contribution in [0, 0.1) is 17.8 Å². The first-order chi connectivity index (χ1) is 48.7. The van der Waals surface area contributed by atoms with E-state index in [9.17, 15) is 43.2 Å². The molecule has 0 aromatic heterocycles. The van der Waals surface area contributed by atoms with Crippen LogP contribution >= 0.6 is 15.6 Å². The molecule has 17 nitrogen and oxygen atoms in total. The highest BCUT2D eigenvalue weighted by molar-refractivity contribution is 7.47. The number of rotatable bonds is 78. The van der Waals surface area contributed by atoms with Crippen LogP contribution in [0.3, 0.4) is 0 Å². The summed E-state index contributed by atoms with van der Waals surface area (Å²) < 4.78 is 68.7. The van der Waals surface area contributed by atoms with E-state index in [0.29, 0.717) is 31.6 Å². The fourth-order valence-corrected chi connectivity index (χ4v) is 13.7. The first kappa shape index (κ1) is 98.5.